The Balaban J connectivity index is 1.79. The lowest BCUT2D eigenvalue weighted by molar-refractivity contribution is -0.0125. The van der Waals surface area contributed by atoms with Gasteiger partial charge in [0.1, 0.15) is 6.61 Å². The fraction of sp³-hybridized carbons (Fsp3) is 0.364. The number of benzene rings is 2. The van der Waals surface area contributed by atoms with E-state index < -0.39 is 0 Å². The van der Waals surface area contributed by atoms with Crippen molar-refractivity contribution >= 4 is 17.7 Å². The van der Waals surface area contributed by atoms with Crippen LogP contribution in [0.25, 0.3) is 0 Å². The van der Waals surface area contributed by atoms with E-state index in [4.69, 9.17) is 26.3 Å². The summed E-state index contributed by atoms with van der Waals surface area (Å²) in [5.41, 5.74) is 2.24. The highest BCUT2D eigenvalue weighted by atomic mass is 35.5. The van der Waals surface area contributed by atoms with Crippen LogP contribution in [0.2, 0.25) is 5.02 Å². The molecule has 1 aliphatic heterocycles. The van der Waals surface area contributed by atoms with E-state index in [1.54, 1.807) is 17.0 Å². The molecule has 2 aromatic carbocycles. The first-order valence-electron chi connectivity index (χ1n) is 9.40. The summed E-state index contributed by atoms with van der Waals surface area (Å²) in [4.78, 5) is 14.5. The van der Waals surface area contributed by atoms with Gasteiger partial charge in [-0.25, -0.2) is 4.79 Å². The Morgan fingerprint density at radius 1 is 1.29 bits per heavy atom. The number of halogens is 1. The number of nitrogens with zero attached hydrogens (tertiary/aromatic N) is 2. The molecule has 0 bridgehead atoms. The summed E-state index contributed by atoms with van der Waals surface area (Å²) < 4.78 is 11.4. The van der Waals surface area contributed by atoms with Gasteiger partial charge in [-0.1, -0.05) is 48.0 Å². The molecular formula is C22H23ClN2O3. The first-order valence-corrected chi connectivity index (χ1v) is 9.78. The molecule has 0 radical (unpaired) electrons. The van der Waals surface area contributed by atoms with Gasteiger partial charge < -0.3 is 14.4 Å². The van der Waals surface area contributed by atoms with Crippen LogP contribution >= 0.6 is 11.6 Å². The van der Waals surface area contributed by atoms with Gasteiger partial charge in [-0.2, -0.15) is 5.26 Å². The minimum atomic E-state index is -0.371. The van der Waals surface area contributed by atoms with E-state index in [0.717, 1.165) is 17.5 Å². The summed E-state index contributed by atoms with van der Waals surface area (Å²) in [6.07, 6.45) is 1.07. The maximum atomic E-state index is 12.8. The predicted octanol–water partition coefficient (Wildman–Crippen LogP) is 5.09. The van der Waals surface area contributed by atoms with Crippen molar-refractivity contribution in [1.29, 1.82) is 5.26 Å². The van der Waals surface area contributed by atoms with Crippen LogP contribution in [0.15, 0.2) is 48.5 Å². The number of nitriles is 1. The maximum absolute atomic E-state index is 12.8. The van der Waals surface area contributed by atoms with Gasteiger partial charge in [0, 0.05) is 18.2 Å². The quantitative estimate of drug-likeness (QED) is 0.703. The fourth-order valence-corrected chi connectivity index (χ4v) is 3.81. The normalized spacial score (nSPS) is 19.1. The standard InChI is InChI=1S/C22H23ClN2O3/c1-2-27-18-10-11-25(22(26)28-15-16-6-4-3-5-7-16)21(13-18)19-9-8-17(14-24)12-20(19)23/h3-9,12,18,21H,2,10-11,13,15H2,1H3. The Kier molecular flexibility index (Phi) is 6.91. The zero-order valence-corrected chi connectivity index (χ0v) is 16.6. The third-order valence-electron chi connectivity index (χ3n) is 4.88. The van der Waals surface area contributed by atoms with Crippen molar-refractivity contribution in [3.05, 3.63) is 70.2 Å². The molecule has 1 amide bonds. The molecule has 1 saturated heterocycles. The van der Waals surface area contributed by atoms with Gasteiger partial charge in [-0.3, -0.25) is 0 Å². The number of likely N-dealkylation sites (tertiary alicyclic amines) is 1. The Bertz CT molecular complexity index is 851. The lowest BCUT2D eigenvalue weighted by Gasteiger charge is -2.39. The van der Waals surface area contributed by atoms with Crippen molar-refractivity contribution in [1.82, 2.24) is 4.90 Å². The summed E-state index contributed by atoms with van der Waals surface area (Å²) in [6, 6.07) is 16.6. The number of carbonyl (C=O) groups is 1. The van der Waals surface area contributed by atoms with Gasteiger partial charge in [0.25, 0.3) is 0 Å². The lowest BCUT2D eigenvalue weighted by atomic mass is 9.93. The van der Waals surface area contributed by atoms with Crippen LogP contribution < -0.4 is 0 Å². The number of rotatable bonds is 5. The first-order chi connectivity index (χ1) is 13.6. The van der Waals surface area contributed by atoms with Crippen LogP contribution in [0.1, 0.15) is 42.5 Å². The topological polar surface area (TPSA) is 62.6 Å². The van der Waals surface area contributed by atoms with Gasteiger partial charge in [-0.15, -0.1) is 0 Å². The van der Waals surface area contributed by atoms with Crippen molar-refractivity contribution in [2.75, 3.05) is 13.2 Å². The highest BCUT2D eigenvalue weighted by molar-refractivity contribution is 6.31. The van der Waals surface area contributed by atoms with Crippen molar-refractivity contribution in [2.24, 2.45) is 0 Å². The van der Waals surface area contributed by atoms with Gasteiger partial charge >= 0.3 is 6.09 Å². The SMILES string of the molecule is CCOC1CCN(C(=O)OCc2ccccc2)C(c2ccc(C#N)cc2Cl)C1. The largest absolute Gasteiger partial charge is 0.445 e. The molecule has 2 atom stereocenters. The molecule has 1 fully saturated rings. The number of ether oxygens (including phenoxy) is 2. The second-order valence-corrected chi connectivity index (χ2v) is 7.11. The Labute approximate surface area is 170 Å². The summed E-state index contributed by atoms with van der Waals surface area (Å²) in [5, 5.41) is 9.55. The summed E-state index contributed by atoms with van der Waals surface area (Å²) in [7, 11) is 0. The number of hydrogen-bond acceptors (Lipinski definition) is 4. The van der Waals surface area contributed by atoms with E-state index in [-0.39, 0.29) is 24.8 Å². The van der Waals surface area contributed by atoms with Gasteiger partial charge in [0.15, 0.2) is 0 Å². The Morgan fingerprint density at radius 2 is 2.07 bits per heavy atom. The molecule has 1 aliphatic rings. The monoisotopic (exact) mass is 398 g/mol. The second kappa shape index (κ2) is 9.59. The zero-order chi connectivity index (χ0) is 19.9. The highest BCUT2D eigenvalue weighted by Gasteiger charge is 2.35. The van der Waals surface area contributed by atoms with Crippen molar-refractivity contribution < 1.29 is 14.3 Å². The van der Waals surface area contributed by atoms with Crippen LogP contribution in [0, 0.1) is 11.3 Å². The van der Waals surface area contributed by atoms with E-state index in [1.807, 2.05) is 43.3 Å². The lowest BCUT2D eigenvalue weighted by Crippen LogP contribution is -2.43. The molecule has 1 heterocycles. The average molecular weight is 399 g/mol. The molecule has 0 aliphatic carbocycles. The van der Waals surface area contributed by atoms with Gasteiger partial charge in [0.2, 0.25) is 0 Å². The Hall–Kier alpha value is -2.55. The zero-order valence-electron chi connectivity index (χ0n) is 15.8. The van der Waals surface area contributed by atoms with Crippen molar-refractivity contribution in [2.45, 2.75) is 38.5 Å². The van der Waals surface area contributed by atoms with E-state index >= 15 is 0 Å². The van der Waals surface area contributed by atoms with Crippen molar-refractivity contribution in [3.63, 3.8) is 0 Å². The minimum Gasteiger partial charge on any atom is -0.445 e. The molecule has 0 spiro atoms. The van der Waals surface area contributed by atoms with Crippen LogP contribution in [0.4, 0.5) is 4.79 Å². The first kappa shape index (κ1) is 20.2. The van der Waals surface area contributed by atoms with E-state index in [0.29, 0.717) is 30.2 Å². The molecule has 2 aromatic rings. The molecule has 146 valence electrons. The van der Waals surface area contributed by atoms with E-state index in [2.05, 4.69) is 6.07 Å². The molecule has 0 N–H and O–H groups in total. The van der Waals surface area contributed by atoms with Crippen LogP contribution in [0.5, 0.6) is 0 Å². The number of hydrogen-bond donors (Lipinski definition) is 0. The summed E-state index contributed by atoms with van der Waals surface area (Å²) >= 11 is 6.44. The predicted molar refractivity (Wildman–Crippen MR) is 107 cm³/mol. The molecule has 5 nitrogen and oxygen atoms in total. The van der Waals surface area contributed by atoms with E-state index in [9.17, 15) is 4.79 Å². The number of carbonyl (C=O) groups excluding carboxylic acids is 1. The van der Waals surface area contributed by atoms with Gasteiger partial charge in [-0.05, 0) is 43.0 Å². The molecular weight excluding hydrogens is 376 g/mol. The molecule has 2 unspecified atom stereocenters. The number of amides is 1. The summed E-state index contributed by atoms with van der Waals surface area (Å²) in [5.74, 6) is 0. The third kappa shape index (κ3) is 4.83. The molecule has 0 aromatic heterocycles. The second-order valence-electron chi connectivity index (χ2n) is 6.70. The average Bonchev–Trinajstić information content (AvgIpc) is 2.73. The molecule has 3 rings (SSSR count). The minimum absolute atomic E-state index is 0.0554. The van der Waals surface area contributed by atoms with Crippen LogP contribution in [-0.4, -0.2) is 30.2 Å². The van der Waals surface area contributed by atoms with E-state index in [1.165, 1.54) is 0 Å². The van der Waals surface area contributed by atoms with Gasteiger partial charge in [0.05, 0.1) is 23.8 Å². The molecule has 6 heteroatoms. The van der Waals surface area contributed by atoms with Crippen molar-refractivity contribution in [3.8, 4) is 6.07 Å². The molecule has 0 saturated carbocycles. The van der Waals surface area contributed by atoms with Crippen LogP contribution in [-0.2, 0) is 16.1 Å². The highest BCUT2D eigenvalue weighted by Crippen LogP contribution is 2.36. The fourth-order valence-electron chi connectivity index (χ4n) is 3.50. The van der Waals surface area contributed by atoms with Crippen LogP contribution in [0.3, 0.4) is 0 Å². The third-order valence-corrected chi connectivity index (χ3v) is 5.21. The maximum Gasteiger partial charge on any atom is 0.410 e. The smallest absolute Gasteiger partial charge is 0.410 e. The number of piperidine rings is 1. The molecule has 28 heavy (non-hydrogen) atoms. The summed E-state index contributed by atoms with van der Waals surface area (Å²) in [6.45, 7) is 3.33. The Morgan fingerprint density at radius 3 is 2.75 bits per heavy atom.